The van der Waals surface area contributed by atoms with E-state index in [4.69, 9.17) is 5.11 Å². The molecule has 0 radical (unpaired) electrons. The van der Waals surface area contributed by atoms with Crippen LogP contribution in [-0.2, 0) is 4.79 Å². The van der Waals surface area contributed by atoms with Crippen molar-refractivity contribution in [1.82, 2.24) is 5.32 Å². The zero-order valence-electron chi connectivity index (χ0n) is 8.13. The Labute approximate surface area is 74.2 Å². The molecule has 0 aromatic heterocycles. The van der Waals surface area contributed by atoms with E-state index in [1.165, 1.54) is 0 Å². The van der Waals surface area contributed by atoms with Crippen molar-refractivity contribution in [3.63, 3.8) is 0 Å². The lowest BCUT2D eigenvalue weighted by Gasteiger charge is -2.19. The van der Waals surface area contributed by atoms with E-state index in [2.05, 4.69) is 19.2 Å². The molecular formula is C9H19NO2. The summed E-state index contributed by atoms with van der Waals surface area (Å²) < 4.78 is 0. The molecule has 0 amide bonds. The molecule has 3 heteroatoms. The summed E-state index contributed by atoms with van der Waals surface area (Å²) in [5.41, 5.74) is 0. The van der Waals surface area contributed by atoms with Gasteiger partial charge in [-0.2, -0.15) is 0 Å². The second-order valence-corrected chi connectivity index (χ2v) is 3.18. The van der Waals surface area contributed by atoms with Gasteiger partial charge in [0.2, 0.25) is 0 Å². The van der Waals surface area contributed by atoms with E-state index in [0.717, 1.165) is 12.8 Å². The lowest BCUT2D eigenvalue weighted by Crippen LogP contribution is -2.37. The van der Waals surface area contributed by atoms with Gasteiger partial charge < -0.3 is 10.4 Å². The van der Waals surface area contributed by atoms with E-state index in [9.17, 15) is 4.79 Å². The van der Waals surface area contributed by atoms with Crippen molar-refractivity contribution in [2.24, 2.45) is 0 Å². The van der Waals surface area contributed by atoms with E-state index >= 15 is 0 Å². The molecule has 2 atom stereocenters. The Morgan fingerprint density at radius 2 is 2.00 bits per heavy atom. The van der Waals surface area contributed by atoms with E-state index in [0.29, 0.717) is 6.04 Å². The molecule has 12 heavy (non-hydrogen) atoms. The van der Waals surface area contributed by atoms with Gasteiger partial charge in [0.25, 0.3) is 0 Å². The zero-order valence-corrected chi connectivity index (χ0v) is 8.13. The number of nitrogens with one attached hydrogen (secondary N) is 1. The van der Waals surface area contributed by atoms with E-state index < -0.39 is 5.97 Å². The van der Waals surface area contributed by atoms with E-state index in [1.54, 1.807) is 0 Å². The Hall–Kier alpha value is -0.570. The number of hydrogen-bond donors (Lipinski definition) is 2. The quantitative estimate of drug-likeness (QED) is 0.641. The summed E-state index contributed by atoms with van der Waals surface area (Å²) in [5, 5.41) is 11.8. The van der Waals surface area contributed by atoms with Crippen LogP contribution < -0.4 is 5.32 Å². The summed E-state index contributed by atoms with van der Waals surface area (Å²) >= 11 is 0. The molecule has 0 aliphatic carbocycles. The average Bonchev–Trinajstić information content (AvgIpc) is 2.02. The monoisotopic (exact) mass is 173 g/mol. The first kappa shape index (κ1) is 11.4. The van der Waals surface area contributed by atoms with Gasteiger partial charge in [-0.25, -0.2) is 0 Å². The standard InChI is InChI=1S/C9H19NO2/c1-4-7(3)10-8(5-2)6-9(11)12/h7-8,10H,4-6H2,1-3H3,(H,11,12). The van der Waals surface area contributed by atoms with Gasteiger partial charge in [-0.05, 0) is 19.8 Å². The minimum Gasteiger partial charge on any atom is -0.481 e. The van der Waals surface area contributed by atoms with E-state index in [1.807, 2.05) is 6.92 Å². The molecule has 0 aromatic rings. The van der Waals surface area contributed by atoms with Gasteiger partial charge >= 0.3 is 5.97 Å². The fraction of sp³-hybridized carbons (Fsp3) is 0.889. The average molecular weight is 173 g/mol. The van der Waals surface area contributed by atoms with E-state index in [-0.39, 0.29) is 12.5 Å². The SMILES string of the molecule is CCC(C)NC(CC)CC(=O)O. The maximum Gasteiger partial charge on any atom is 0.304 e. The largest absolute Gasteiger partial charge is 0.481 e. The van der Waals surface area contributed by atoms with Gasteiger partial charge in [-0.15, -0.1) is 0 Å². The zero-order chi connectivity index (χ0) is 9.56. The normalized spacial score (nSPS) is 15.6. The summed E-state index contributed by atoms with van der Waals surface area (Å²) in [7, 11) is 0. The Morgan fingerprint density at radius 1 is 1.42 bits per heavy atom. The van der Waals surface area contributed by atoms with Crippen LogP contribution in [0.15, 0.2) is 0 Å². The molecule has 0 saturated heterocycles. The van der Waals surface area contributed by atoms with Crippen LogP contribution in [0.2, 0.25) is 0 Å². The fourth-order valence-corrected chi connectivity index (χ4v) is 1.05. The maximum atomic E-state index is 10.4. The molecule has 0 bridgehead atoms. The predicted molar refractivity (Wildman–Crippen MR) is 49.2 cm³/mol. The Balaban J connectivity index is 3.74. The molecule has 0 heterocycles. The Morgan fingerprint density at radius 3 is 2.33 bits per heavy atom. The number of rotatable bonds is 6. The molecule has 0 aromatic carbocycles. The topological polar surface area (TPSA) is 49.3 Å². The molecule has 0 spiro atoms. The summed E-state index contributed by atoms with van der Waals surface area (Å²) in [6, 6.07) is 0.534. The van der Waals surface area contributed by atoms with Gasteiger partial charge in [0, 0.05) is 12.1 Å². The molecule has 3 nitrogen and oxygen atoms in total. The predicted octanol–water partition coefficient (Wildman–Crippen LogP) is 1.63. The molecule has 0 saturated carbocycles. The van der Waals surface area contributed by atoms with Crippen LogP contribution in [0.5, 0.6) is 0 Å². The van der Waals surface area contributed by atoms with Crippen molar-refractivity contribution in [2.45, 2.75) is 52.1 Å². The van der Waals surface area contributed by atoms with Crippen LogP contribution in [0, 0.1) is 0 Å². The van der Waals surface area contributed by atoms with Crippen LogP contribution >= 0.6 is 0 Å². The molecule has 0 rings (SSSR count). The van der Waals surface area contributed by atoms with Crippen LogP contribution in [0.4, 0.5) is 0 Å². The fourth-order valence-electron chi connectivity index (χ4n) is 1.05. The molecule has 0 aliphatic heterocycles. The van der Waals surface area contributed by atoms with Crippen molar-refractivity contribution in [1.29, 1.82) is 0 Å². The number of aliphatic carboxylic acids is 1. The molecule has 2 N–H and O–H groups in total. The van der Waals surface area contributed by atoms with Crippen molar-refractivity contribution >= 4 is 5.97 Å². The third kappa shape index (κ3) is 5.13. The number of hydrogen-bond acceptors (Lipinski definition) is 2. The summed E-state index contributed by atoms with van der Waals surface area (Å²) in [5.74, 6) is -0.724. The third-order valence-electron chi connectivity index (χ3n) is 2.05. The summed E-state index contributed by atoms with van der Waals surface area (Å²) in [6.07, 6.45) is 2.13. The first-order valence-corrected chi connectivity index (χ1v) is 4.57. The number of carboxylic acids is 1. The highest BCUT2D eigenvalue weighted by Gasteiger charge is 2.12. The molecule has 2 unspecified atom stereocenters. The Kier molecular flexibility index (Phi) is 5.72. The van der Waals surface area contributed by atoms with Gasteiger partial charge in [0.1, 0.15) is 0 Å². The molecule has 72 valence electrons. The molecular weight excluding hydrogens is 154 g/mol. The van der Waals surface area contributed by atoms with Crippen LogP contribution in [0.3, 0.4) is 0 Å². The first-order valence-electron chi connectivity index (χ1n) is 4.57. The third-order valence-corrected chi connectivity index (χ3v) is 2.05. The molecule has 0 aliphatic rings. The van der Waals surface area contributed by atoms with Gasteiger partial charge in [0.15, 0.2) is 0 Å². The minimum atomic E-state index is -0.724. The van der Waals surface area contributed by atoms with Crippen LogP contribution in [0.25, 0.3) is 0 Å². The summed E-state index contributed by atoms with van der Waals surface area (Å²) in [6.45, 7) is 6.17. The van der Waals surface area contributed by atoms with Crippen molar-refractivity contribution < 1.29 is 9.90 Å². The van der Waals surface area contributed by atoms with Crippen molar-refractivity contribution in [2.75, 3.05) is 0 Å². The van der Waals surface area contributed by atoms with Crippen LogP contribution in [-0.4, -0.2) is 23.2 Å². The lowest BCUT2D eigenvalue weighted by molar-refractivity contribution is -0.137. The van der Waals surface area contributed by atoms with Crippen LogP contribution in [0.1, 0.15) is 40.0 Å². The van der Waals surface area contributed by atoms with Gasteiger partial charge in [-0.1, -0.05) is 13.8 Å². The highest BCUT2D eigenvalue weighted by molar-refractivity contribution is 5.67. The van der Waals surface area contributed by atoms with Crippen molar-refractivity contribution in [3.8, 4) is 0 Å². The Bertz CT molecular complexity index is 136. The summed E-state index contributed by atoms with van der Waals surface area (Å²) in [4.78, 5) is 10.4. The van der Waals surface area contributed by atoms with Gasteiger partial charge in [0.05, 0.1) is 6.42 Å². The minimum absolute atomic E-state index is 0.123. The second kappa shape index (κ2) is 6.00. The lowest BCUT2D eigenvalue weighted by atomic mass is 10.1. The second-order valence-electron chi connectivity index (χ2n) is 3.18. The number of carbonyl (C=O) groups is 1. The maximum absolute atomic E-state index is 10.4. The van der Waals surface area contributed by atoms with Gasteiger partial charge in [-0.3, -0.25) is 4.79 Å². The highest BCUT2D eigenvalue weighted by atomic mass is 16.4. The smallest absolute Gasteiger partial charge is 0.304 e. The highest BCUT2D eigenvalue weighted by Crippen LogP contribution is 2.00. The first-order chi connectivity index (χ1) is 5.60. The van der Waals surface area contributed by atoms with Crippen molar-refractivity contribution in [3.05, 3.63) is 0 Å². The molecule has 0 fully saturated rings. The number of carboxylic acid groups (broad SMARTS) is 1.